The van der Waals surface area contributed by atoms with Gasteiger partial charge in [0.1, 0.15) is 5.82 Å². The first kappa shape index (κ1) is 10.5. The van der Waals surface area contributed by atoms with E-state index < -0.39 is 0 Å². The van der Waals surface area contributed by atoms with Crippen molar-refractivity contribution in [1.82, 2.24) is 4.98 Å². The quantitative estimate of drug-likeness (QED) is 0.810. The van der Waals surface area contributed by atoms with Crippen LogP contribution in [-0.4, -0.2) is 32.3 Å². The first-order valence-electron chi connectivity index (χ1n) is 4.05. The van der Waals surface area contributed by atoms with Crippen LogP contribution in [0.25, 0.3) is 0 Å². The molecule has 0 aliphatic heterocycles. The lowest BCUT2D eigenvalue weighted by Crippen LogP contribution is -2.22. The Kier molecular flexibility index (Phi) is 4.18. The predicted molar refractivity (Wildman–Crippen MR) is 57.1 cm³/mol. The van der Waals surface area contributed by atoms with Crippen LogP contribution in [0.4, 0.5) is 5.82 Å². The van der Waals surface area contributed by atoms with Crippen molar-refractivity contribution in [3.05, 3.63) is 22.8 Å². The molecule has 72 valence electrons. The van der Waals surface area contributed by atoms with Gasteiger partial charge in [-0.05, 0) is 28.1 Å². The van der Waals surface area contributed by atoms with Crippen molar-refractivity contribution in [3.8, 4) is 0 Å². The Morgan fingerprint density at radius 2 is 2.31 bits per heavy atom. The molecule has 1 rings (SSSR count). The molecule has 0 aliphatic rings. The van der Waals surface area contributed by atoms with E-state index in [1.807, 2.05) is 19.2 Å². The van der Waals surface area contributed by atoms with Gasteiger partial charge in [0.15, 0.2) is 0 Å². The summed E-state index contributed by atoms with van der Waals surface area (Å²) in [7, 11) is 3.69. The van der Waals surface area contributed by atoms with Gasteiger partial charge < -0.3 is 9.64 Å². The molecule has 0 atom stereocenters. The molecule has 4 heteroatoms. The minimum atomic E-state index is 0.717. The molecule has 1 heterocycles. The summed E-state index contributed by atoms with van der Waals surface area (Å²) < 4.78 is 5.98. The third-order valence-electron chi connectivity index (χ3n) is 1.73. The molecule has 1 aromatic heterocycles. The van der Waals surface area contributed by atoms with Gasteiger partial charge in [-0.2, -0.15) is 0 Å². The number of methoxy groups -OCH3 is 1. The number of anilines is 1. The molecule has 0 spiro atoms. The number of hydrogen-bond donors (Lipinski definition) is 0. The Morgan fingerprint density at radius 1 is 1.54 bits per heavy atom. The number of likely N-dealkylation sites (N-methyl/N-ethyl adjacent to an activating group) is 1. The first-order chi connectivity index (χ1) is 6.24. The Morgan fingerprint density at radius 3 is 2.85 bits per heavy atom. The molecular weight excluding hydrogens is 232 g/mol. The largest absolute Gasteiger partial charge is 0.383 e. The van der Waals surface area contributed by atoms with Crippen molar-refractivity contribution in [1.29, 1.82) is 0 Å². The number of nitrogens with zero attached hydrogens (tertiary/aromatic N) is 2. The third kappa shape index (κ3) is 3.32. The van der Waals surface area contributed by atoms with Gasteiger partial charge in [0, 0.05) is 31.4 Å². The van der Waals surface area contributed by atoms with E-state index in [1.54, 1.807) is 13.3 Å². The van der Waals surface area contributed by atoms with E-state index in [0.717, 1.165) is 16.8 Å². The van der Waals surface area contributed by atoms with E-state index in [2.05, 4.69) is 25.8 Å². The van der Waals surface area contributed by atoms with Gasteiger partial charge in [0.2, 0.25) is 0 Å². The minimum absolute atomic E-state index is 0.717. The summed E-state index contributed by atoms with van der Waals surface area (Å²) in [6.45, 7) is 1.57. The lowest BCUT2D eigenvalue weighted by Gasteiger charge is -2.17. The number of hydrogen-bond acceptors (Lipinski definition) is 3. The normalized spacial score (nSPS) is 10.1. The maximum absolute atomic E-state index is 4.98. The van der Waals surface area contributed by atoms with Crippen LogP contribution in [0.5, 0.6) is 0 Å². The fraction of sp³-hybridized carbons (Fsp3) is 0.444. The standard InChI is InChI=1S/C9H13BrN2O/c1-12(5-6-13-2)9-4-3-8(10)7-11-9/h3-4,7H,5-6H2,1-2H3. The molecule has 0 aromatic carbocycles. The monoisotopic (exact) mass is 244 g/mol. The van der Waals surface area contributed by atoms with E-state index in [9.17, 15) is 0 Å². The smallest absolute Gasteiger partial charge is 0.128 e. The SMILES string of the molecule is COCCN(C)c1ccc(Br)cn1. The highest BCUT2D eigenvalue weighted by Crippen LogP contribution is 2.12. The molecule has 0 amide bonds. The van der Waals surface area contributed by atoms with Gasteiger partial charge in [0.05, 0.1) is 6.61 Å². The average molecular weight is 245 g/mol. The van der Waals surface area contributed by atoms with Crippen LogP contribution < -0.4 is 4.90 Å². The van der Waals surface area contributed by atoms with Gasteiger partial charge in [-0.1, -0.05) is 0 Å². The fourth-order valence-electron chi connectivity index (χ4n) is 0.937. The highest BCUT2D eigenvalue weighted by molar-refractivity contribution is 9.10. The predicted octanol–water partition coefficient (Wildman–Crippen LogP) is 1.93. The summed E-state index contributed by atoms with van der Waals surface area (Å²) >= 11 is 3.34. The third-order valence-corrected chi connectivity index (χ3v) is 2.20. The van der Waals surface area contributed by atoms with Crippen molar-refractivity contribution in [2.75, 3.05) is 32.2 Å². The first-order valence-corrected chi connectivity index (χ1v) is 4.85. The Bertz CT molecular complexity index is 250. The molecule has 1 aromatic rings. The zero-order chi connectivity index (χ0) is 9.68. The molecule has 0 bridgehead atoms. The highest BCUT2D eigenvalue weighted by Gasteiger charge is 2.00. The van der Waals surface area contributed by atoms with Gasteiger partial charge >= 0.3 is 0 Å². The van der Waals surface area contributed by atoms with Crippen LogP contribution in [0.2, 0.25) is 0 Å². The molecule has 3 nitrogen and oxygen atoms in total. The zero-order valence-corrected chi connectivity index (χ0v) is 9.41. The van der Waals surface area contributed by atoms with Gasteiger partial charge in [-0.25, -0.2) is 4.98 Å². The van der Waals surface area contributed by atoms with Crippen LogP contribution in [0.3, 0.4) is 0 Å². The van der Waals surface area contributed by atoms with Gasteiger partial charge in [-0.3, -0.25) is 0 Å². The Balaban J connectivity index is 2.55. The number of pyridine rings is 1. The van der Waals surface area contributed by atoms with E-state index in [-0.39, 0.29) is 0 Å². The van der Waals surface area contributed by atoms with Crippen LogP contribution in [-0.2, 0) is 4.74 Å². The lowest BCUT2D eigenvalue weighted by atomic mass is 10.4. The lowest BCUT2D eigenvalue weighted by molar-refractivity contribution is 0.206. The molecule has 0 aliphatic carbocycles. The average Bonchev–Trinajstić information content (AvgIpc) is 2.15. The van der Waals surface area contributed by atoms with Crippen LogP contribution in [0.1, 0.15) is 0 Å². The second-order valence-electron chi connectivity index (χ2n) is 2.75. The van der Waals surface area contributed by atoms with Gasteiger partial charge in [-0.15, -0.1) is 0 Å². The summed E-state index contributed by atoms with van der Waals surface area (Å²) in [4.78, 5) is 6.31. The summed E-state index contributed by atoms with van der Waals surface area (Å²) in [5.74, 6) is 0.959. The Hall–Kier alpha value is -0.610. The highest BCUT2D eigenvalue weighted by atomic mass is 79.9. The minimum Gasteiger partial charge on any atom is -0.383 e. The molecule has 0 saturated carbocycles. The van der Waals surface area contributed by atoms with Crippen molar-refractivity contribution in [2.24, 2.45) is 0 Å². The Labute approximate surface area is 86.9 Å². The van der Waals surface area contributed by atoms with Crippen LogP contribution >= 0.6 is 15.9 Å². The van der Waals surface area contributed by atoms with Gasteiger partial charge in [0.25, 0.3) is 0 Å². The number of ether oxygens (including phenoxy) is 1. The summed E-state index contributed by atoms with van der Waals surface area (Å²) in [6, 6.07) is 3.95. The summed E-state index contributed by atoms with van der Waals surface area (Å²) in [6.07, 6.45) is 1.79. The fourth-order valence-corrected chi connectivity index (χ4v) is 1.17. The maximum atomic E-state index is 4.98. The molecule has 0 fully saturated rings. The van der Waals surface area contributed by atoms with E-state index >= 15 is 0 Å². The summed E-state index contributed by atoms with van der Waals surface area (Å²) in [5, 5.41) is 0. The van der Waals surface area contributed by atoms with E-state index in [0.29, 0.717) is 6.61 Å². The van der Waals surface area contributed by atoms with Crippen molar-refractivity contribution in [2.45, 2.75) is 0 Å². The van der Waals surface area contributed by atoms with E-state index in [4.69, 9.17) is 4.74 Å². The van der Waals surface area contributed by atoms with E-state index in [1.165, 1.54) is 0 Å². The molecular formula is C9H13BrN2O. The molecule has 0 N–H and O–H groups in total. The summed E-state index contributed by atoms with van der Waals surface area (Å²) in [5.41, 5.74) is 0. The molecule has 13 heavy (non-hydrogen) atoms. The maximum Gasteiger partial charge on any atom is 0.128 e. The molecule has 0 radical (unpaired) electrons. The second-order valence-corrected chi connectivity index (χ2v) is 3.66. The van der Waals surface area contributed by atoms with Crippen molar-refractivity contribution in [3.63, 3.8) is 0 Å². The molecule has 0 unspecified atom stereocenters. The van der Waals surface area contributed by atoms with Crippen molar-refractivity contribution >= 4 is 21.7 Å². The number of halogens is 1. The topological polar surface area (TPSA) is 25.4 Å². The number of rotatable bonds is 4. The second kappa shape index (κ2) is 5.19. The van der Waals surface area contributed by atoms with Crippen molar-refractivity contribution < 1.29 is 4.74 Å². The number of aromatic nitrogens is 1. The zero-order valence-electron chi connectivity index (χ0n) is 7.83. The van der Waals surface area contributed by atoms with Crippen LogP contribution in [0.15, 0.2) is 22.8 Å². The van der Waals surface area contributed by atoms with Crippen LogP contribution in [0, 0.1) is 0 Å². The molecule has 0 saturated heterocycles.